The molecule has 0 bridgehead atoms. The second kappa shape index (κ2) is 7.84. The number of alkyl halides is 1. The minimum atomic E-state index is -2.02. The van der Waals surface area contributed by atoms with E-state index in [1.165, 1.54) is 12.2 Å². The molecule has 3 saturated carbocycles. The maximum absolute atomic E-state index is 17.2. The second-order valence-electron chi connectivity index (χ2n) is 10.9. The maximum Gasteiger partial charge on any atom is 0.306 e. The van der Waals surface area contributed by atoms with Crippen molar-refractivity contribution in [3.8, 4) is 0 Å². The predicted molar refractivity (Wildman–Crippen MR) is 119 cm³/mol. The average Bonchev–Trinajstić information content (AvgIpc) is 2.97. The maximum atomic E-state index is 17.2. The van der Waals surface area contributed by atoms with Gasteiger partial charge in [0.1, 0.15) is 6.61 Å². The lowest BCUT2D eigenvalue weighted by Crippen LogP contribution is -2.70. The molecule has 4 aliphatic carbocycles. The van der Waals surface area contributed by atoms with Gasteiger partial charge in [-0.1, -0.05) is 32.4 Å². The minimum absolute atomic E-state index is 0.0786. The zero-order valence-corrected chi connectivity index (χ0v) is 19.9. The number of carbonyl (C=O) groups excluding carboxylic acids is 3. The molecule has 7 heteroatoms. The second-order valence-corrected chi connectivity index (χ2v) is 10.9. The van der Waals surface area contributed by atoms with Crippen LogP contribution in [0.5, 0.6) is 0 Å². The van der Waals surface area contributed by atoms with Crippen molar-refractivity contribution >= 4 is 17.5 Å². The molecule has 4 rings (SSSR count). The summed E-state index contributed by atoms with van der Waals surface area (Å²) < 4.78 is 23.1. The van der Waals surface area contributed by atoms with E-state index >= 15 is 4.39 Å². The molecule has 0 spiro atoms. The van der Waals surface area contributed by atoms with E-state index in [9.17, 15) is 24.6 Å². The zero-order valence-electron chi connectivity index (χ0n) is 19.9. The number of aliphatic hydroxyl groups excluding tert-OH is 2. The number of ketones is 2. The molecule has 0 aromatic heterocycles. The fraction of sp³-hybridized carbons (Fsp3) is 0.731. The number of esters is 1. The first kappa shape index (κ1) is 24.3. The molecular weight excluding hydrogens is 427 g/mol. The summed E-state index contributed by atoms with van der Waals surface area (Å²) >= 11 is 0. The highest BCUT2D eigenvalue weighted by molar-refractivity contribution is 6.01. The number of aliphatic hydroxyl groups is 2. The third-order valence-corrected chi connectivity index (χ3v) is 9.47. The number of rotatable bonds is 5. The van der Waals surface area contributed by atoms with Crippen LogP contribution in [0.4, 0.5) is 4.39 Å². The Hall–Kier alpha value is -1.86. The Morgan fingerprint density at radius 3 is 2.61 bits per heavy atom. The van der Waals surface area contributed by atoms with Crippen LogP contribution in [0.2, 0.25) is 0 Å². The van der Waals surface area contributed by atoms with Crippen molar-refractivity contribution in [2.75, 3.05) is 6.61 Å². The van der Waals surface area contributed by atoms with Gasteiger partial charge in [-0.2, -0.15) is 0 Å². The molecule has 3 fully saturated rings. The van der Waals surface area contributed by atoms with Crippen LogP contribution in [0.15, 0.2) is 23.8 Å². The van der Waals surface area contributed by atoms with Crippen LogP contribution in [-0.4, -0.2) is 51.7 Å². The smallest absolute Gasteiger partial charge is 0.306 e. The number of halogens is 1. The summed E-state index contributed by atoms with van der Waals surface area (Å²) in [6, 6.07) is 0. The summed E-state index contributed by atoms with van der Waals surface area (Å²) in [6.07, 6.45) is 5.02. The Morgan fingerprint density at radius 1 is 1.27 bits per heavy atom. The van der Waals surface area contributed by atoms with Gasteiger partial charge in [0.15, 0.2) is 17.1 Å². The summed E-state index contributed by atoms with van der Waals surface area (Å²) in [4.78, 5) is 37.9. The van der Waals surface area contributed by atoms with E-state index in [-0.39, 0.29) is 24.5 Å². The quantitative estimate of drug-likeness (QED) is 0.609. The zero-order chi connectivity index (χ0) is 24.4. The Labute approximate surface area is 194 Å². The summed E-state index contributed by atoms with van der Waals surface area (Å²) in [5, 5.41) is 21.3. The van der Waals surface area contributed by atoms with Gasteiger partial charge in [-0.3, -0.25) is 14.4 Å². The number of hydrogen-bond donors (Lipinski definition) is 2. The van der Waals surface area contributed by atoms with E-state index in [4.69, 9.17) is 4.74 Å². The molecule has 0 aliphatic heterocycles. The highest BCUT2D eigenvalue weighted by atomic mass is 19.1. The van der Waals surface area contributed by atoms with Crippen LogP contribution in [0.1, 0.15) is 66.2 Å². The van der Waals surface area contributed by atoms with Crippen LogP contribution in [0.25, 0.3) is 0 Å². The molecule has 0 aromatic rings. The van der Waals surface area contributed by atoms with Gasteiger partial charge in [0.25, 0.3) is 0 Å². The molecule has 33 heavy (non-hydrogen) atoms. The van der Waals surface area contributed by atoms with E-state index in [2.05, 4.69) is 0 Å². The number of allylic oxidation sites excluding steroid dienone is 4. The lowest BCUT2D eigenvalue weighted by atomic mass is 9.44. The molecule has 2 N–H and O–H groups in total. The van der Waals surface area contributed by atoms with Gasteiger partial charge in [0.2, 0.25) is 5.78 Å². The fourth-order valence-electron chi connectivity index (χ4n) is 7.95. The van der Waals surface area contributed by atoms with Crippen molar-refractivity contribution in [2.24, 2.45) is 28.6 Å². The Balaban J connectivity index is 1.83. The first-order valence-corrected chi connectivity index (χ1v) is 12.1. The van der Waals surface area contributed by atoms with Gasteiger partial charge in [-0.05, 0) is 57.1 Å². The van der Waals surface area contributed by atoms with Crippen molar-refractivity contribution in [1.82, 2.24) is 0 Å². The van der Waals surface area contributed by atoms with Crippen molar-refractivity contribution < 1.29 is 33.7 Å². The highest BCUT2D eigenvalue weighted by Gasteiger charge is 2.77. The van der Waals surface area contributed by atoms with Gasteiger partial charge in [0, 0.05) is 29.1 Å². The lowest BCUT2D eigenvalue weighted by molar-refractivity contribution is -0.228. The SMILES string of the molecule is CCCC(=O)O[C@@]1(C(=O)CO)[C@H](C)C[C@H]2[C@@H]3CCC4=CC(=O)C=C[C@]4(C)[C@@]3(F)[C@@H](O)C[C@@]21C. The number of carbonyl (C=O) groups is 3. The predicted octanol–water partition coefficient (Wildman–Crippen LogP) is 3.25. The molecule has 0 aromatic carbocycles. The molecule has 0 heterocycles. The summed E-state index contributed by atoms with van der Waals surface area (Å²) in [7, 11) is 0. The van der Waals surface area contributed by atoms with Crippen molar-refractivity contribution in [3.63, 3.8) is 0 Å². The molecule has 4 aliphatic rings. The molecule has 0 radical (unpaired) electrons. The average molecular weight is 463 g/mol. The fourth-order valence-corrected chi connectivity index (χ4v) is 7.95. The monoisotopic (exact) mass is 462 g/mol. The van der Waals surface area contributed by atoms with E-state index in [0.29, 0.717) is 31.3 Å². The van der Waals surface area contributed by atoms with Crippen molar-refractivity contribution in [3.05, 3.63) is 23.8 Å². The number of fused-ring (bicyclic) bond motifs is 5. The van der Waals surface area contributed by atoms with Gasteiger partial charge in [-0.25, -0.2) is 4.39 Å². The van der Waals surface area contributed by atoms with Crippen molar-refractivity contribution in [2.45, 2.75) is 83.6 Å². The van der Waals surface area contributed by atoms with Crippen molar-refractivity contribution in [1.29, 1.82) is 0 Å². The number of Topliss-reactive ketones (excluding diaryl/α,β-unsaturated/α-hetero) is 1. The van der Waals surface area contributed by atoms with Crippen LogP contribution < -0.4 is 0 Å². The number of ether oxygens (including phenoxy) is 1. The molecule has 0 unspecified atom stereocenters. The Bertz CT molecular complexity index is 941. The van der Waals surface area contributed by atoms with Crippen LogP contribution in [0.3, 0.4) is 0 Å². The number of hydrogen-bond acceptors (Lipinski definition) is 6. The van der Waals surface area contributed by atoms with Crippen LogP contribution in [-0.2, 0) is 19.1 Å². The summed E-state index contributed by atoms with van der Waals surface area (Å²) in [5.41, 5.74) is -5.10. The van der Waals surface area contributed by atoms with Gasteiger partial charge < -0.3 is 14.9 Å². The third kappa shape index (κ3) is 2.94. The molecule has 182 valence electrons. The van der Waals surface area contributed by atoms with Gasteiger partial charge in [0.05, 0.1) is 6.10 Å². The molecular formula is C26H35FO6. The van der Waals surface area contributed by atoms with Gasteiger partial charge >= 0.3 is 5.97 Å². The normalized spacial score (nSPS) is 46.2. The molecule has 6 nitrogen and oxygen atoms in total. The molecule has 8 atom stereocenters. The Morgan fingerprint density at radius 2 is 1.97 bits per heavy atom. The lowest BCUT2D eigenvalue weighted by Gasteiger charge is -2.62. The molecule has 0 saturated heterocycles. The van der Waals surface area contributed by atoms with E-state index in [1.807, 2.05) is 20.8 Å². The summed E-state index contributed by atoms with van der Waals surface area (Å²) in [5.74, 6) is -2.65. The molecule has 0 amide bonds. The standard InChI is InChI=1S/C26H35FO6/c1-5-6-22(32)33-26(21(31)14-28)15(2)11-19-18-8-7-16-12-17(29)9-10-23(16,3)25(18,27)20(30)13-24(19,26)4/h9-10,12,15,18-20,28,30H,5-8,11,13-14H2,1-4H3/t15-,18+,19+,20+,23+,24+,25+,26-/m1/s1. The first-order valence-electron chi connectivity index (χ1n) is 12.1. The Kier molecular flexibility index (Phi) is 5.77. The van der Waals surface area contributed by atoms with E-state index in [0.717, 1.165) is 0 Å². The van der Waals surface area contributed by atoms with E-state index < -0.39 is 58.4 Å². The highest BCUT2D eigenvalue weighted by Crippen LogP contribution is 2.71. The van der Waals surface area contributed by atoms with Crippen LogP contribution >= 0.6 is 0 Å². The van der Waals surface area contributed by atoms with E-state index in [1.54, 1.807) is 13.0 Å². The first-order chi connectivity index (χ1) is 15.4. The minimum Gasteiger partial charge on any atom is -0.450 e. The van der Waals surface area contributed by atoms with Gasteiger partial charge in [-0.15, -0.1) is 0 Å². The summed E-state index contributed by atoms with van der Waals surface area (Å²) in [6.45, 7) is 6.42. The third-order valence-electron chi connectivity index (χ3n) is 9.47. The largest absolute Gasteiger partial charge is 0.450 e. The van der Waals surface area contributed by atoms with Crippen LogP contribution in [0, 0.1) is 28.6 Å². The topological polar surface area (TPSA) is 101 Å².